The van der Waals surface area contributed by atoms with E-state index in [0.717, 1.165) is 72.3 Å². The van der Waals surface area contributed by atoms with Gasteiger partial charge in [-0.2, -0.15) is 0 Å². The molecule has 3 aliphatic rings. The van der Waals surface area contributed by atoms with E-state index in [9.17, 15) is 9.59 Å². The highest BCUT2D eigenvalue weighted by Gasteiger charge is 2.43. The summed E-state index contributed by atoms with van der Waals surface area (Å²) in [5.74, 6) is 0.988. The van der Waals surface area contributed by atoms with Crippen LogP contribution in [0, 0.1) is 0 Å². The monoisotopic (exact) mass is 601 g/mol. The number of Topliss-reactive ketones (excluding diaryl/α,β-unsaturated/α-hetero) is 2. The van der Waals surface area contributed by atoms with Crippen LogP contribution in [0.3, 0.4) is 0 Å². The van der Waals surface area contributed by atoms with Gasteiger partial charge in [0, 0.05) is 47.8 Å². The quantitative estimate of drug-likeness (QED) is 0.260. The molecule has 0 unspecified atom stereocenters. The van der Waals surface area contributed by atoms with Gasteiger partial charge in [0.05, 0.1) is 17.2 Å². The molecule has 0 atom stereocenters. The average Bonchev–Trinajstić information content (AvgIpc) is 3.01. The van der Waals surface area contributed by atoms with Crippen molar-refractivity contribution in [3.05, 3.63) is 116 Å². The third-order valence-electron chi connectivity index (χ3n) is 8.45. The molecule has 0 bridgehead atoms. The van der Waals surface area contributed by atoms with Crippen molar-refractivity contribution in [3.63, 3.8) is 0 Å². The zero-order valence-corrected chi connectivity index (χ0v) is 25.1. The second kappa shape index (κ2) is 12.4. The first kappa shape index (κ1) is 28.6. The fourth-order valence-corrected chi connectivity index (χ4v) is 6.80. The van der Waals surface area contributed by atoms with Gasteiger partial charge in [-0.05, 0) is 73.1 Å². The van der Waals surface area contributed by atoms with Crippen LogP contribution in [0.4, 0.5) is 0 Å². The summed E-state index contributed by atoms with van der Waals surface area (Å²) in [4.78, 5) is 29.6. The van der Waals surface area contributed by atoms with Crippen molar-refractivity contribution in [1.29, 1.82) is 0 Å². The Kier molecular flexibility index (Phi) is 8.41. The van der Waals surface area contributed by atoms with Crippen LogP contribution in [-0.2, 0) is 22.6 Å². The van der Waals surface area contributed by atoms with Crippen LogP contribution >= 0.6 is 23.2 Å². The molecule has 0 radical (unpaired) electrons. The smallest absolute Gasteiger partial charge is 0.161 e. The van der Waals surface area contributed by atoms with E-state index in [1.807, 2.05) is 30.3 Å². The molecule has 0 fully saturated rings. The fraction of sp³-hybridized carbons (Fsp3) is 0.314. The number of allylic oxidation sites excluding steroid dienone is 4. The molecule has 216 valence electrons. The Hall–Kier alpha value is -3.54. The van der Waals surface area contributed by atoms with E-state index in [1.54, 1.807) is 19.2 Å². The van der Waals surface area contributed by atoms with Gasteiger partial charge in [-0.3, -0.25) is 9.59 Å². The molecule has 1 aliphatic heterocycles. The first-order valence-electron chi connectivity index (χ1n) is 14.5. The van der Waals surface area contributed by atoms with E-state index in [1.165, 1.54) is 5.56 Å². The number of ketones is 2. The minimum atomic E-state index is -0.401. The summed E-state index contributed by atoms with van der Waals surface area (Å²) in [6, 6.07) is 21.5. The second-order valence-corrected chi connectivity index (χ2v) is 11.9. The maximum Gasteiger partial charge on any atom is 0.161 e. The van der Waals surface area contributed by atoms with Crippen molar-refractivity contribution in [3.8, 4) is 11.5 Å². The molecule has 42 heavy (non-hydrogen) atoms. The molecule has 1 heterocycles. The van der Waals surface area contributed by atoms with Crippen LogP contribution in [0.1, 0.15) is 61.1 Å². The molecule has 0 saturated heterocycles. The molecule has 6 rings (SSSR count). The van der Waals surface area contributed by atoms with Crippen molar-refractivity contribution in [2.24, 2.45) is 0 Å². The minimum absolute atomic E-state index is 0.134. The van der Waals surface area contributed by atoms with E-state index in [0.29, 0.717) is 34.4 Å². The van der Waals surface area contributed by atoms with Gasteiger partial charge in [-0.15, -0.1) is 0 Å². The molecule has 7 heteroatoms. The zero-order valence-electron chi connectivity index (χ0n) is 23.6. The number of carbonyl (C=O) groups excluding carboxylic acids is 2. The third-order valence-corrected chi connectivity index (χ3v) is 9.19. The second-order valence-electron chi connectivity index (χ2n) is 11.0. The Morgan fingerprint density at radius 2 is 1.45 bits per heavy atom. The number of halogens is 2. The fourth-order valence-electron chi connectivity index (χ4n) is 6.48. The van der Waals surface area contributed by atoms with Gasteiger partial charge in [0.25, 0.3) is 0 Å². The summed E-state index contributed by atoms with van der Waals surface area (Å²) in [6.45, 7) is 1.04. The summed E-state index contributed by atoms with van der Waals surface area (Å²) < 4.78 is 11.9. The van der Waals surface area contributed by atoms with Crippen LogP contribution in [-0.4, -0.2) is 30.1 Å². The number of rotatable bonds is 8. The highest BCUT2D eigenvalue weighted by atomic mass is 35.5. The third kappa shape index (κ3) is 5.60. The van der Waals surface area contributed by atoms with E-state index in [-0.39, 0.29) is 18.2 Å². The molecule has 2 aliphatic carbocycles. The summed E-state index contributed by atoms with van der Waals surface area (Å²) in [7, 11) is 1.60. The summed E-state index contributed by atoms with van der Waals surface area (Å²) >= 11 is 12.2. The van der Waals surface area contributed by atoms with Crippen molar-refractivity contribution in [2.45, 2.75) is 57.5 Å². The van der Waals surface area contributed by atoms with Gasteiger partial charge in [0.15, 0.2) is 23.1 Å². The van der Waals surface area contributed by atoms with Crippen molar-refractivity contribution in [1.82, 2.24) is 4.90 Å². The lowest BCUT2D eigenvalue weighted by atomic mass is 9.71. The number of hydrogen-bond acceptors (Lipinski definition) is 5. The highest BCUT2D eigenvalue weighted by Crippen LogP contribution is 2.50. The van der Waals surface area contributed by atoms with Gasteiger partial charge in [0.1, 0.15) is 6.61 Å². The van der Waals surface area contributed by atoms with Crippen LogP contribution in [0.25, 0.3) is 0 Å². The van der Waals surface area contributed by atoms with Crippen LogP contribution in [0.5, 0.6) is 11.5 Å². The number of methoxy groups -OCH3 is 1. The van der Waals surface area contributed by atoms with E-state index < -0.39 is 5.92 Å². The van der Waals surface area contributed by atoms with E-state index in [4.69, 9.17) is 32.7 Å². The SMILES string of the molecule is COc1cc(C2C3=C(CCCC3=O)N(CCc3ccccc3)C3=C2C(=O)CCC3)ccc1OCc1ccc(Cl)c(Cl)c1. The number of carbonyl (C=O) groups is 2. The largest absolute Gasteiger partial charge is 0.493 e. The Morgan fingerprint density at radius 3 is 2.10 bits per heavy atom. The molecular formula is C35H33Cl2NO4. The molecule has 0 amide bonds. The Labute approximate surface area is 256 Å². The molecule has 3 aromatic carbocycles. The number of hydrogen-bond donors (Lipinski definition) is 0. The van der Waals surface area contributed by atoms with Gasteiger partial charge in [-0.1, -0.05) is 65.7 Å². The van der Waals surface area contributed by atoms with Crippen LogP contribution in [0.15, 0.2) is 89.3 Å². The summed E-state index contributed by atoms with van der Waals surface area (Å²) in [5.41, 5.74) is 6.71. The predicted octanol–water partition coefficient (Wildman–Crippen LogP) is 8.24. The van der Waals surface area contributed by atoms with Gasteiger partial charge in [0.2, 0.25) is 0 Å². The molecule has 3 aromatic rings. The first-order valence-corrected chi connectivity index (χ1v) is 15.3. The zero-order chi connectivity index (χ0) is 29.2. The lowest BCUT2D eigenvalue weighted by Gasteiger charge is -2.44. The van der Waals surface area contributed by atoms with Crippen molar-refractivity contribution < 1.29 is 19.1 Å². The average molecular weight is 603 g/mol. The maximum absolute atomic E-state index is 13.7. The van der Waals surface area contributed by atoms with Gasteiger partial charge < -0.3 is 14.4 Å². The Bertz CT molecular complexity index is 1550. The van der Waals surface area contributed by atoms with Crippen molar-refractivity contribution >= 4 is 34.8 Å². The predicted molar refractivity (Wildman–Crippen MR) is 165 cm³/mol. The van der Waals surface area contributed by atoms with Gasteiger partial charge in [-0.25, -0.2) is 0 Å². The molecule has 0 saturated carbocycles. The topological polar surface area (TPSA) is 55.8 Å². The maximum atomic E-state index is 13.7. The number of benzene rings is 3. The standard InChI is InChI=1S/C35H33Cl2NO4/c1-41-32-20-24(14-16-31(32)42-21-23-13-15-25(36)26(37)19-23)33-34-27(9-5-11-29(34)39)38(18-17-22-7-3-2-4-8-22)28-10-6-12-30(40)35(28)33/h2-4,7-8,13-16,19-20,33H,5-6,9-12,17-18,21H2,1H3. The highest BCUT2D eigenvalue weighted by molar-refractivity contribution is 6.42. The summed E-state index contributed by atoms with van der Waals surface area (Å²) in [5, 5.41) is 0.961. The molecule has 0 N–H and O–H groups in total. The molecular weight excluding hydrogens is 569 g/mol. The van der Waals surface area contributed by atoms with Gasteiger partial charge >= 0.3 is 0 Å². The lowest BCUT2D eigenvalue weighted by molar-refractivity contribution is -0.117. The minimum Gasteiger partial charge on any atom is -0.493 e. The van der Waals surface area contributed by atoms with Crippen molar-refractivity contribution in [2.75, 3.05) is 13.7 Å². The first-order chi connectivity index (χ1) is 20.4. The Morgan fingerprint density at radius 1 is 0.762 bits per heavy atom. The number of nitrogens with zero attached hydrogens (tertiary/aromatic N) is 1. The summed E-state index contributed by atoms with van der Waals surface area (Å²) in [6.07, 6.45) is 5.17. The number of ether oxygens (including phenoxy) is 2. The molecule has 0 spiro atoms. The van der Waals surface area contributed by atoms with Crippen LogP contribution in [0.2, 0.25) is 10.0 Å². The van der Waals surface area contributed by atoms with Crippen LogP contribution < -0.4 is 9.47 Å². The lowest BCUT2D eigenvalue weighted by Crippen LogP contribution is -2.39. The molecule has 5 nitrogen and oxygen atoms in total. The Balaban J connectivity index is 1.37. The van der Waals surface area contributed by atoms with E-state index >= 15 is 0 Å². The van der Waals surface area contributed by atoms with E-state index in [2.05, 4.69) is 29.2 Å². The normalized spacial score (nSPS) is 17.4. The molecule has 0 aromatic heterocycles.